The monoisotopic (exact) mass is 204 g/mol. The van der Waals surface area contributed by atoms with Gasteiger partial charge in [0.25, 0.3) is 0 Å². The van der Waals surface area contributed by atoms with Crippen LogP contribution in [0.15, 0.2) is 0 Å². The van der Waals surface area contributed by atoms with Crippen molar-refractivity contribution in [1.82, 2.24) is 0 Å². The second-order valence-corrected chi connectivity index (χ2v) is 3.70. The molecule has 0 radical (unpaired) electrons. The average Bonchev–Trinajstić information content (AvgIpc) is 1.85. The quantitative estimate of drug-likeness (QED) is 0.607. The van der Waals surface area contributed by atoms with Gasteiger partial charge in [-0.1, -0.05) is 11.8 Å². The van der Waals surface area contributed by atoms with Crippen molar-refractivity contribution in [2.75, 3.05) is 7.11 Å². The highest BCUT2D eigenvalue weighted by molar-refractivity contribution is 8.23. The van der Waals surface area contributed by atoms with Gasteiger partial charge in [-0.2, -0.15) is 13.2 Å². The highest BCUT2D eigenvalue weighted by atomic mass is 32.2. The fourth-order valence-corrected chi connectivity index (χ4v) is 1.21. The molecule has 1 atom stereocenters. The molecule has 0 spiro atoms. The van der Waals surface area contributed by atoms with E-state index in [1.165, 1.54) is 7.11 Å². The third-order valence-corrected chi connectivity index (χ3v) is 2.34. The molecule has 0 N–H and O–H groups in total. The minimum absolute atomic E-state index is 0.0881. The van der Waals surface area contributed by atoms with Crippen LogP contribution in [0, 0.1) is 0 Å². The zero-order chi connectivity index (χ0) is 9.07. The molecule has 1 unspecified atom stereocenters. The molecule has 0 saturated heterocycles. The summed E-state index contributed by atoms with van der Waals surface area (Å²) in [6.45, 7) is 1.04. The minimum Gasteiger partial charge on any atom is -0.482 e. The van der Waals surface area contributed by atoms with Crippen molar-refractivity contribution in [2.24, 2.45) is 0 Å². The molecule has 0 amide bonds. The van der Waals surface area contributed by atoms with Crippen LogP contribution in [0.4, 0.5) is 13.2 Å². The van der Waals surface area contributed by atoms with E-state index in [-0.39, 0.29) is 4.38 Å². The highest BCUT2D eigenvalue weighted by Gasteiger charge is 2.37. The van der Waals surface area contributed by atoms with Crippen molar-refractivity contribution in [3.05, 3.63) is 0 Å². The first kappa shape index (κ1) is 11.0. The molecule has 0 heterocycles. The Labute approximate surface area is 72.3 Å². The summed E-state index contributed by atoms with van der Waals surface area (Å²) in [7, 11) is 1.25. The summed E-state index contributed by atoms with van der Waals surface area (Å²) in [5.41, 5.74) is 0. The van der Waals surface area contributed by atoms with Crippen molar-refractivity contribution < 1.29 is 17.9 Å². The van der Waals surface area contributed by atoms with Crippen molar-refractivity contribution in [2.45, 2.75) is 18.3 Å². The van der Waals surface area contributed by atoms with E-state index in [1.807, 2.05) is 0 Å². The zero-order valence-electron chi connectivity index (χ0n) is 5.94. The maximum Gasteiger partial charge on any atom is 0.400 e. The van der Waals surface area contributed by atoms with Crippen LogP contribution >= 0.6 is 24.0 Å². The van der Waals surface area contributed by atoms with Crippen LogP contribution in [-0.4, -0.2) is 22.9 Å². The molecule has 0 rings (SSSR count). The number of methoxy groups -OCH3 is 1. The molecule has 1 nitrogen and oxygen atoms in total. The molecule has 11 heavy (non-hydrogen) atoms. The predicted molar refractivity (Wildman–Crippen MR) is 42.7 cm³/mol. The van der Waals surface area contributed by atoms with Crippen LogP contribution in [0.25, 0.3) is 0 Å². The third kappa shape index (κ3) is 4.47. The van der Waals surface area contributed by atoms with Crippen LogP contribution in [-0.2, 0) is 4.74 Å². The van der Waals surface area contributed by atoms with Gasteiger partial charge >= 0.3 is 6.18 Å². The van der Waals surface area contributed by atoms with Crippen molar-refractivity contribution >= 4 is 28.4 Å². The minimum atomic E-state index is -4.22. The van der Waals surface area contributed by atoms with Crippen LogP contribution in [0.3, 0.4) is 0 Å². The number of rotatable bonds is 1. The first-order valence-electron chi connectivity index (χ1n) is 2.69. The number of thioether (sulfide) groups is 1. The van der Waals surface area contributed by atoms with Crippen LogP contribution < -0.4 is 0 Å². The van der Waals surface area contributed by atoms with E-state index in [1.54, 1.807) is 0 Å². The van der Waals surface area contributed by atoms with Crippen molar-refractivity contribution in [3.8, 4) is 0 Å². The number of ether oxygens (including phenoxy) is 1. The Morgan fingerprint density at radius 1 is 1.55 bits per heavy atom. The molecule has 6 heteroatoms. The molecule has 0 aromatic heterocycles. The Balaban J connectivity index is 3.87. The van der Waals surface area contributed by atoms with E-state index < -0.39 is 11.4 Å². The second-order valence-electron chi connectivity index (χ2n) is 1.76. The lowest BCUT2D eigenvalue weighted by Crippen LogP contribution is -2.23. The number of hydrogen-bond donors (Lipinski definition) is 0. The van der Waals surface area contributed by atoms with Gasteiger partial charge in [0.05, 0.1) is 7.11 Å². The van der Waals surface area contributed by atoms with E-state index >= 15 is 0 Å². The van der Waals surface area contributed by atoms with Gasteiger partial charge in [-0.25, -0.2) is 0 Å². The Bertz CT molecular complexity index is 145. The summed E-state index contributed by atoms with van der Waals surface area (Å²) in [6, 6.07) is 0. The Kier molecular flexibility index (Phi) is 4.17. The normalized spacial score (nSPS) is 14.3. The molecular weight excluding hydrogens is 197 g/mol. The van der Waals surface area contributed by atoms with Crippen LogP contribution in [0.1, 0.15) is 6.92 Å². The van der Waals surface area contributed by atoms with E-state index in [4.69, 9.17) is 0 Å². The summed E-state index contributed by atoms with van der Waals surface area (Å²) in [4.78, 5) is 0. The van der Waals surface area contributed by atoms with Crippen LogP contribution in [0.2, 0.25) is 0 Å². The molecule has 0 aliphatic rings. The second kappa shape index (κ2) is 4.15. The Morgan fingerprint density at radius 3 is 2.27 bits per heavy atom. The molecule has 0 fully saturated rings. The van der Waals surface area contributed by atoms with Gasteiger partial charge in [-0.3, -0.25) is 0 Å². The molecule has 66 valence electrons. The van der Waals surface area contributed by atoms with Gasteiger partial charge in [-0.05, 0) is 19.1 Å². The maximum absolute atomic E-state index is 11.8. The lowest BCUT2D eigenvalue weighted by Gasteiger charge is -2.13. The summed E-state index contributed by atoms with van der Waals surface area (Å²) >= 11 is 4.93. The first-order chi connectivity index (χ1) is 4.88. The number of hydrogen-bond acceptors (Lipinski definition) is 3. The van der Waals surface area contributed by atoms with E-state index in [0.717, 1.165) is 6.92 Å². The van der Waals surface area contributed by atoms with Crippen molar-refractivity contribution in [1.29, 1.82) is 0 Å². The van der Waals surface area contributed by atoms with Gasteiger partial charge < -0.3 is 4.74 Å². The van der Waals surface area contributed by atoms with Crippen LogP contribution in [0.5, 0.6) is 0 Å². The molecule has 0 saturated carbocycles. The third-order valence-electron chi connectivity index (χ3n) is 0.901. The fourth-order valence-electron chi connectivity index (χ4n) is 0.259. The summed E-state index contributed by atoms with van der Waals surface area (Å²) in [5, 5.41) is -1.50. The van der Waals surface area contributed by atoms with E-state index in [2.05, 4.69) is 17.0 Å². The summed E-state index contributed by atoms with van der Waals surface area (Å²) in [6.07, 6.45) is -4.22. The highest BCUT2D eigenvalue weighted by Crippen LogP contribution is 2.30. The topological polar surface area (TPSA) is 9.23 Å². The van der Waals surface area contributed by atoms with Gasteiger partial charge in [0.1, 0.15) is 5.25 Å². The number of alkyl halides is 3. The fraction of sp³-hybridized carbons (Fsp3) is 0.800. The summed E-state index contributed by atoms with van der Waals surface area (Å²) in [5.74, 6) is 0. The standard InChI is InChI=1S/C5H7F3OS2/c1-3(5(6,7)8)11-4(10)9-2/h3H,1-2H3. The molecule has 0 aliphatic heterocycles. The molecule has 0 aromatic carbocycles. The lowest BCUT2D eigenvalue weighted by atomic mass is 10.5. The van der Waals surface area contributed by atoms with Gasteiger partial charge in [0, 0.05) is 0 Å². The molecular formula is C5H7F3OS2. The molecule has 0 aliphatic carbocycles. The number of halogens is 3. The Hall–Kier alpha value is 0.0300. The molecule has 0 aromatic rings. The van der Waals surface area contributed by atoms with E-state index in [9.17, 15) is 13.2 Å². The zero-order valence-corrected chi connectivity index (χ0v) is 7.57. The van der Waals surface area contributed by atoms with E-state index in [0.29, 0.717) is 11.8 Å². The maximum atomic E-state index is 11.8. The average molecular weight is 204 g/mol. The van der Waals surface area contributed by atoms with Crippen molar-refractivity contribution in [3.63, 3.8) is 0 Å². The molecule has 0 bridgehead atoms. The van der Waals surface area contributed by atoms with Gasteiger partial charge in [0.2, 0.25) is 4.38 Å². The lowest BCUT2D eigenvalue weighted by molar-refractivity contribution is -0.125. The Morgan fingerprint density at radius 2 is 2.00 bits per heavy atom. The largest absolute Gasteiger partial charge is 0.482 e. The summed E-state index contributed by atoms with van der Waals surface area (Å²) < 4.78 is 39.8. The first-order valence-corrected chi connectivity index (χ1v) is 3.98. The van der Waals surface area contributed by atoms with Gasteiger partial charge in [0.15, 0.2) is 0 Å². The predicted octanol–water partition coefficient (Wildman–Crippen LogP) is 2.60. The van der Waals surface area contributed by atoms with Gasteiger partial charge in [-0.15, -0.1) is 0 Å². The number of thiocarbonyl (C=S) groups is 1. The smallest absolute Gasteiger partial charge is 0.400 e. The SMILES string of the molecule is COC(=S)SC(C)C(F)(F)F.